The van der Waals surface area contributed by atoms with Crippen molar-refractivity contribution in [3.05, 3.63) is 47.8 Å². The molecule has 2 aromatic carbocycles. The molecule has 0 aromatic heterocycles. The van der Waals surface area contributed by atoms with Crippen LogP contribution in [-0.2, 0) is 0 Å². The van der Waals surface area contributed by atoms with Crippen LogP contribution in [0.4, 0.5) is 4.39 Å². The fourth-order valence-corrected chi connectivity index (χ4v) is 1.84. The first-order valence-corrected chi connectivity index (χ1v) is 5.85. The van der Waals surface area contributed by atoms with Crippen LogP contribution >= 0.6 is 0 Å². The van der Waals surface area contributed by atoms with Crippen LogP contribution in [0.1, 0.15) is 24.2 Å². The lowest BCUT2D eigenvalue weighted by molar-refractivity contribution is 0.0931. The van der Waals surface area contributed by atoms with Crippen LogP contribution in [0.25, 0.3) is 10.8 Å². The Hall–Kier alpha value is -2.41. The summed E-state index contributed by atoms with van der Waals surface area (Å²) in [5.74, 6) is -0.755. The first-order valence-electron chi connectivity index (χ1n) is 5.85. The maximum atomic E-state index is 13.6. The minimum atomic E-state index is -0.966. The average Bonchev–Trinajstić information content (AvgIpc) is 2.39. The number of nitrogens with one attached hydrogen (secondary N) is 1. The summed E-state index contributed by atoms with van der Waals surface area (Å²) in [6, 6.07) is 11.5. The summed E-state index contributed by atoms with van der Waals surface area (Å²) in [6.45, 7) is 3.22. The van der Waals surface area contributed by atoms with Crippen LogP contribution in [0, 0.1) is 17.1 Å². The van der Waals surface area contributed by atoms with Crippen molar-refractivity contribution < 1.29 is 9.18 Å². The van der Waals surface area contributed by atoms with Gasteiger partial charge in [-0.25, -0.2) is 4.39 Å². The van der Waals surface area contributed by atoms with Gasteiger partial charge in [0.1, 0.15) is 11.4 Å². The zero-order chi connectivity index (χ0) is 14.0. The summed E-state index contributed by atoms with van der Waals surface area (Å²) in [7, 11) is 0. The molecule has 0 heterocycles. The van der Waals surface area contributed by atoms with Gasteiger partial charge in [0.25, 0.3) is 5.91 Å². The minimum Gasteiger partial charge on any atom is -0.334 e. The molecule has 0 aliphatic rings. The second-order valence-corrected chi connectivity index (χ2v) is 4.83. The number of rotatable bonds is 2. The van der Waals surface area contributed by atoms with Crippen molar-refractivity contribution in [1.82, 2.24) is 5.32 Å². The van der Waals surface area contributed by atoms with Crippen LogP contribution in [0.15, 0.2) is 36.4 Å². The Morgan fingerprint density at radius 2 is 1.84 bits per heavy atom. The lowest BCUT2D eigenvalue weighted by atomic mass is 10.0. The Morgan fingerprint density at radius 1 is 1.21 bits per heavy atom. The van der Waals surface area contributed by atoms with E-state index in [0.29, 0.717) is 16.3 Å². The molecule has 0 atom stereocenters. The zero-order valence-corrected chi connectivity index (χ0v) is 10.7. The third kappa shape index (κ3) is 2.55. The molecule has 2 aromatic rings. The van der Waals surface area contributed by atoms with Gasteiger partial charge in [0.05, 0.1) is 6.07 Å². The molecule has 1 amide bonds. The standard InChI is InChI=1S/C15H13FN2O/c1-15(2,9-17)18-14(19)12-7-8-13(16)11-6-4-3-5-10(11)12/h3-8H,1-2H3,(H,18,19). The third-order valence-electron chi connectivity index (χ3n) is 2.82. The summed E-state index contributed by atoms with van der Waals surface area (Å²) in [4.78, 5) is 12.2. The fourth-order valence-electron chi connectivity index (χ4n) is 1.84. The number of fused-ring (bicyclic) bond motifs is 1. The summed E-state index contributed by atoms with van der Waals surface area (Å²) in [5, 5.41) is 12.5. The SMILES string of the molecule is CC(C)(C#N)NC(=O)c1ccc(F)c2ccccc12. The second kappa shape index (κ2) is 4.69. The predicted molar refractivity (Wildman–Crippen MR) is 71.1 cm³/mol. The fraction of sp³-hybridized carbons (Fsp3) is 0.200. The number of carbonyl (C=O) groups excluding carboxylic acids is 1. The van der Waals surface area contributed by atoms with Gasteiger partial charge >= 0.3 is 0 Å². The quantitative estimate of drug-likeness (QED) is 0.898. The average molecular weight is 256 g/mol. The molecular weight excluding hydrogens is 243 g/mol. The van der Waals surface area contributed by atoms with E-state index in [2.05, 4.69) is 5.32 Å². The largest absolute Gasteiger partial charge is 0.334 e. The third-order valence-corrected chi connectivity index (χ3v) is 2.82. The number of nitriles is 1. The molecule has 0 saturated heterocycles. The molecule has 0 aliphatic heterocycles. The monoisotopic (exact) mass is 256 g/mol. The van der Waals surface area contributed by atoms with E-state index in [9.17, 15) is 9.18 Å². The molecule has 96 valence electrons. The van der Waals surface area contributed by atoms with Crippen LogP contribution in [0.5, 0.6) is 0 Å². The van der Waals surface area contributed by atoms with Crippen molar-refractivity contribution in [1.29, 1.82) is 5.26 Å². The molecule has 2 rings (SSSR count). The van der Waals surface area contributed by atoms with E-state index in [0.717, 1.165) is 0 Å². The number of hydrogen-bond acceptors (Lipinski definition) is 2. The van der Waals surface area contributed by atoms with E-state index in [1.165, 1.54) is 12.1 Å². The topological polar surface area (TPSA) is 52.9 Å². The highest BCUT2D eigenvalue weighted by Crippen LogP contribution is 2.22. The number of hydrogen-bond donors (Lipinski definition) is 1. The van der Waals surface area contributed by atoms with Crippen LogP contribution < -0.4 is 5.32 Å². The van der Waals surface area contributed by atoms with Gasteiger partial charge in [-0.05, 0) is 31.4 Å². The van der Waals surface area contributed by atoms with Crippen LogP contribution in [-0.4, -0.2) is 11.4 Å². The van der Waals surface area contributed by atoms with Gasteiger partial charge in [0.15, 0.2) is 0 Å². The number of amides is 1. The molecule has 19 heavy (non-hydrogen) atoms. The Bertz CT molecular complexity index is 686. The predicted octanol–water partition coefficient (Wildman–Crippen LogP) is 3.01. The molecule has 0 saturated carbocycles. The maximum absolute atomic E-state index is 13.6. The summed E-state index contributed by atoms with van der Waals surface area (Å²) in [5.41, 5.74) is -0.604. The van der Waals surface area contributed by atoms with Gasteiger partial charge in [0.2, 0.25) is 0 Å². The molecule has 1 N–H and O–H groups in total. The molecule has 0 radical (unpaired) electrons. The summed E-state index contributed by atoms with van der Waals surface area (Å²) < 4.78 is 13.6. The van der Waals surface area contributed by atoms with Gasteiger partial charge in [-0.2, -0.15) is 5.26 Å². The normalized spacial score (nSPS) is 11.1. The molecule has 0 unspecified atom stereocenters. The maximum Gasteiger partial charge on any atom is 0.253 e. The Labute approximate surface area is 110 Å². The molecule has 0 spiro atoms. The zero-order valence-electron chi connectivity index (χ0n) is 10.7. The van der Waals surface area contributed by atoms with Crippen molar-refractivity contribution in [2.75, 3.05) is 0 Å². The van der Waals surface area contributed by atoms with Crippen molar-refractivity contribution in [3.8, 4) is 6.07 Å². The second-order valence-electron chi connectivity index (χ2n) is 4.83. The van der Waals surface area contributed by atoms with Gasteiger partial charge in [-0.3, -0.25) is 4.79 Å². The van der Waals surface area contributed by atoms with Gasteiger partial charge < -0.3 is 5.32 Å². The van der Waals surface area contributed by atoms with Gasteiger partial charge in [-0.15, -0.1) is 0 Å². The van der Waals surface area contributed by atoms with Crippen LogP contribution in [0.3, 0.4) is 0 Å². The van der Waals surface area contributed by atoms with E-state index < -0.39 is 5.54 Å². The lowest BCUT2D eigenvalue weighted by Gasteiger charge is -2.18. The Balaban J connectivity index is 2.50. The number of halogens is 1. The highest BCUT2D eigenvalue weighted by molar-refractivity contribution is 6.07. The van der Waals surface area contributed by atoms with E-state index >= 15 is 0 Å². The van der Waals surface area contributed by atoms with E-state index in [1.807, 2.05) is 6.07 Å². The summed E-state index contributed by atoms with van der Waals surface area (Å²) in [6.07, 6.45) is 0. The smallest absolute Gasteiger partial charge is 0.253 e. The van der Waals surface area contributed by atoms with Crippen molar-refractivity contribution in [2.24, 2.45) is 0 Å². The summed E-state index contributed by atoms with van der Waals surface area (Å²) >= 11 is 0. The van der Waals surface area contributed by atoms with Crippen LogP contribution in [0.2, 0.25) is 0 Å². The van der Waals surface area contributed by atoms with E-state index in [1.54, 1.807) is 38.1 Å². The van der Waals surface area contributed by atoms with Gasteiger partial charge in [-0.1, -0.05) is 24.3 Å². The molecular formula is C15H13FN2O. The van der Waals surface area contributed by atoms with Crippen molar-refractivity contribution in [2.45, 2.75) is 19.4 Å². The molecule has 0 fully saturated rings. The highest BCUT2D eigenvalue weighted by atomic mass is 19.1. The van der Waals surface area contributed by atoms with E-state index in [4.69, 9.17) is 5.26 Å². The Morgan fingerprint density at radius 3 is 2.47 bits per heavy atom. The molecule has 0 bridgehead atoms. The number of nitrogens with zero attached hydrogens (tertiary/aromatic N) is 1. The highest BCUT2D eigenvalue weighted by Gasteiger charge is 2.21. The van der Waals surface area contributed by atoms with Crippen molar-refractivity contribution in [3.63, 3.8) is 0 Å². The van der Waals surface area contributed by atoms with Gasteiger partial charge in [0, 0.05) is 10.9 Å². The molecule has 0 aliphatic carbocycles. The first kappa shape index (κ1) is 13.0. The minimum absolute atomic E-state index is 0.361. The lowest BCUT2D eigenvalue weighted by Crippen LogP contribution is -2.42. The Kier molecular flexibility index (Phi) is 3.22. The van der Waals surface area contributed by atoms with Crippen molar-refractivity contribution >= 4 is 16.7 Å². The first-order chi connectivity index (χ1) is 8.94. The molecule has 4 heteroatoms. The molecule has 3 nitrogen and oxygen atoms in total. The van der Waals surface area contributed by atoms with E-state index in [-0.39, 0.29) is 11.7 Å². The number of carbonyl (C=O) groups is 1. The number of benzene rings is 2.